The Hall–Kier alpha value is 0.0499. The van der Waals surface area contributed by atoms with Gasteiger partial charge in [0.1, 0.15) is 0 Å². The molecular weight excluding hydrogens is 110 g/mol. The third kappa shape index (κ3) is 3.60. The normalized spacial score (nSPS) is 12.1. The maximum absolute atomic E-state index is 3.10. The van der Waals surface area contributed by atoms with Gasteiger partial charge in [0.25, 0.3) is 7.55 Å². The van der Waals surface area contributed by atoms with E-state index in [1.807, 2.05) is 7.05 Å². The van der Waals surface area contributed by atoms with E-state index in [-0.39, 0.29) is 5.54 Å². The number of nitrogens with zero attached hydrogens (tertiary/aromatic N) is 1. The molecule has 0 amide bonds. The summed E-state index contributed by atoms with van der Waals surface area (Å²) in [5.41, 5.74) is 0.281. The summed E-state index contributed by atoms with van der Waals surface area (Å²) >= 11 is 0. The smallest absolute Gasteiger partial charge is 0.277 e. The second-order valence-electron chi connectivity index (χ2n) is 3.38. The summed E-state index contributed by atoms with van der Waals surface area (Å²) in [7, 11) is 5.02. The first-order valence-corrected chi connectivity index (χ1v) is 3.34. The molecule has 0 aliphatic heterocycles. The molecule has 0 aromatic heterocycles. The summed E-state index contributed by atoms with van der Waals surface area (Å²) in [4.78, 5) is 0. The minimum absolute atomic E-state index is 0.281. The van der Waals surface area contributed by atoms with Gasteiger partial charge in [-0.15, -0.1) is 0 Å². The Morgan fingerprint density at radius 3 is 2.00 bits per heavy atom. The van der Waals surface area contributed by atoms with E-state index in [2.05, 4.69) is 38.7 Å². The Labute approximate surface area is 59.7 Å². The lowest BCUT2D eigenvalue weighted by Crippen LogP contribution is -2.46. The molecule has 0 saturated carbocycles. The topological polar surface area (TPSA) is 15.3 Å². The van der Waals surface area contributed by atoms with Crippen LogP contribution in [0.15, 0.2) is 0 Å². The van der Waals surface area contributed by atoms with E-state index in [0.29, 0.717) is 0 Å². The van der Waals surface area contributed by atoms with Gasteiger partial charge >= 0.3 is 0 Å². The molecular formula is C5H16B2N2. The fraction of sp³-hybridized carbons (Fsp3) is 1.00. The molecule has 0 unspecified atom stereocenters. The van der Waals surface area contributed by atoms with Crippen molar-refractivity contribution in [1.82, 2.24) is 9.95 Å². The lowest BCUT2D eigenvalue weighted by molar-refractivity contribution is 0.379. The van der Waals surface area contributed by atoms with Crippen molar-refractivity contribution in [2.75, 3.05) is 7.05 Å². The van der Waals surface area contributed by atoms with Gasteiger partial charge in [0.05, 0.1) is 0 Å². The van der Waals surface area contributed by atoms with Gasteiger partial charge in [0.2, 0.25) is 0 Å². The van der Waals surface area contributed by atoms with Crippen LogP contribution in [0.1, 0.15) is 20.8 Å². The van der Waals surface area contributed by atoms with Crippen molar-refractivity contribution in [2.24, 2.45) is 0 Å². The maximum atomic E-state index is 3.10. The summed E-state index contributed by atoms with van der Waals surface area (Å²) in [6.07, 6.45) is 0. The highest BCUT2D eigenvalue weighted by atomic mass is 15.1. The van der Waals surface area contributed by atoms with E-state index in [1.54, 1.807) is 0 Å². The standard InChI is InChI=1S/C5H16B2N2/c1-5(2,3)9(6)7-8-4/h7-8H,6H2,1-4H3. The van der Waals surface area contributed by atoms with Crippen LogP contribution in [0.5, 0.6) is 0 Å². The van der Waals surface area contributed by atoms with Crippen LogP contribution in [0.4, 0.5) is 0 Å². The number of rotatable bonds is 2. The van der Waals surface area contributed by atoms with Gasteiger partial charge in [-0.25, -0.2) is 0 Å². The molecule has 0 fully saturated rings. The zero-order valence-corrected chi connectivity index (χ0v) is 7.15. The summed E-state index contributed by atoms with van der Waals surface area (Å²) in [6, 6.07) is 0. The van der Waals surface area contributed by atoms with E-state index in [9.17, 15) is 0 Å². The van der Waals surface area contributed by atoms with Gasteiger partial charge in [-0.05, 0) is 33.4 Å². The van der Waals surface area contributed by atoms with Gasteiger partial charge < -0.3 is 9.95 Å². The molecule has 0 rings (SSSR count). The highest BCUT2D eigenvalue weighted by Gasteiger charge is 2.15. The molecule has 52 valence electrons. The molecule has 0 atom stereocenters. The van der Waals surface area contributed by atoms with Crippen molar-refractivity contribution >= 4 is 15.5 Å². The molecule has 0 radical (unpaired) electrons. The Kier molecular flexibility index (Phi) is 3.29. The van der Waals surface area contributed by atoms with Crippen molar-refractivity contribution in [3.63, 3.8) is 0 Å². The Balaban J connectivity index is 3.59. The third-order valence-corrected chi connectivity index (χ3v) is 1.54. The Bertz CT molecular complexity index is 79.5. The molecule has 1 N–H and O–H groups in total. The number of nitrogens with one attached hydrogen (secondary N) is 1. The fourth-order valence-corrected chi connectivity index (χ4v) is 0.474. The minimum atomic E-state index is 0.281. The first kappa shape index (κ1) is 9.05. The van der Waals surface area contributed by atoms with Crippen LogP contribution in [0, 0.1) is 0 Å². The first-order valence-electron chi connectivity index (χ1n) is 3.34. The van der Waals surface area contributed by atoms with E-state index in [0.717, 1.165) is 7.55 Å². The predicted octanol–water partition coefficient (Wildman–Crippen LogP) is -0.879. The molecule has 0 spiro atoms. The fourth-order valence-electron chi connectivity index (χ4n) is 0.474. The van der Waals surface area contributed by atoms with Crippen molar-refractivity contribution in [2.45, 2.75) is 26.3 Å². The molecule has 0 aromatic carbocycles. The molecule has 2 nitrogen and oxygen atoms in total. The average molecular weight is 126 g/mol. The summed E-state index contributed by atoms with van der Waals surface area (Å²) in [6.45, 7) is 6.60. The van der Waals surface area contributed by atoms with Crippen molar-refractivity contribution in [3.8, 4) is 0 Å². The van der Waals surface area contributed by atoms with Crippen LogP contribution in [0.2, 0.25) is 0 Å². The summed E-state index contributed by atoms with van der Waals surface area (Å²) in [5.74, 6) is 0. The molecule has 0 heterocycles. The molecule has 9 heavy (non-hydrogen) atoms. The zero-order valence-electron chi connectivity index (χ0n) is 7.15. The van der Waals surface area contributed by atoms with E-state index < -0.39 is 0 Å². The van der Waals surface area contributed by atoms with Crippen LogP contribution in [-0.2, 0) is 0 Å². The number of hydrogen-bond donors (Lipinski definition) is 1. The van der Waals surface area contributed by atoms with Crippen molar-refractivity contribution in [3.05, 3.63) is 0 Å². The zero-order chi connectivity index (χ0) is 7.49. The van der Waals surface area contributed by atoms with Gasteiger partial charge in [-0.2, -0.15) is 0 Å². The molecule has 0 aromatic rings. The lowest BCUT2D eigenvalue weighted by Gasteiger charge is -2.31. The van der Waals surface area contributed by atoms with Gasteiger partial charge in [-0.3, -0.25) is 0 Å². The first-order chi connectivity index (χ1) is 3.98. The molecule has 4 heteroatoms. The highest BCUT2D eigenvalue weighted by molar-refractivity contribution is 6.39. The van der Waals surface area contributed by atoms with Crippen LogP contribution in [0.25, 0.3) is 0 Å². The largest absolute Gasteiger partial charge is 0.375 e. The van der Waals surface area contributed by atoms with Gasteiger partial charge in [0.15, 0.2) is 7.98 Å². The third-order valence-electron chi connectivity index (χ3n) is 1.54. The Morgan fingerprint density at radius 1 is 1.44 bits per heavy atom. The van der Waals surface area contributed by atoms with Gasteiger partial charge in [-0.1, -0.05) is 0 Å². The minimum Gasteiger partial charge on any atom is -0.375 e. The predicted molar refractivity (Wildman–Crippen MR) is 46.3 cm³/mol. The quantitative estimate of drug-likeness (QED) is 0.483. The molecule has 0 aliphatic rings. The van der Waals surface area contributed by atoms with E-state index in [4.69, 9.17) is 0 Å². The second-order valence-corrected chi connectivity index (χ2v) is 3.38. The van der Waals surface area contributed by atoms with E-state index >= 15 is 0 Å². The summed E-state index contributed by atoms with van der Waals surface area (Å²) < 4.78 is 2.26. The molecule has 0 bridgehead atoms. The molecule has 0 saturated heterocycles. The monoisotopic (exact) mass is 126 g/mol. The van der Waals surface area contributed by atoms with Crippen molar-refractivity contribution in [1.29, 1.82) is 0 Å². The lowest BCUT2D eigenvalue weighted by atomic mass is 9.90. The maximum Gasteiger partial charge on any atom is 0.277 e. The van der Waals surface area contributed by atoms with Crippen LogP contribution < -0.4 is 5.23 Å². The molecule has 0 aliphatic carbocycles. The van der Waals surface area contributed by atoms with Crippen LogP contribution in [0.3, 0.4) is 0 Å². The van der Waals surface area contributed by atoms with Crippen LogP contribution in [-0.4, -0.2) is 32.8 Å². The number of hydrogen-bond acceptors (Lipinski definition) is 2. The summed E-state index contributed by atoms with van der Waals surface area (Å²) in [5, 5.41) is 3.10. The van der Waals surface area contributed by atoms with Gasteiger partial charge in [0, 0.05) is 0 Å². The SMILES string of the molecule is BN(BNC)C(C)(C)C. The van der Waals surface area contributed by atoms with Crippen LogP contribution >= 0.6 is 0 Å². The van der Waals surface area contributed by atoms with Crippen molar-refractivity contribution < 1.29 is 0 Å². The highest BCUT2D eigenvalue weighted by Crippen LogP contribution is 2.06. The Morgan fingerprint density at radius 2 is 1.89 bits per heavy atom. The second kappa shape index (κ2) is 3.28. The average Bonchev–Trinajstić information content (AvgIpc) is 1.64. The van der Waals surface area contributed by atoms with E-state index in [1.165, 1.54) is 0 Å².